The second kappa shape index (κ2) is 11.9. The number of carbonyl (C=O) groups is 2. The molecule has 0 aliphatic carbocycles. The molecule has 13 heteroatoms. The molecule has 0 unspecified atom stereocenters. The van der Waals surface area contributed by atoms with Gasteiger partial charge < -0.3 is 14.7 Å². The Balaban J connectivity index is 1.49. The van der Waals surface area contributed by atoms with E-state index >= 15 is 13.2 Å². The van der Waals surface area contributed by atoms with E-state index < -0.39 is 54.0 Å². The van der Waals surface area contributed by atoms with Crippen molar-refractivity contribution in [3.63, 3.8) is 0 Å². The van der Waals surface area contributed by atoms with E-state index in [2.05, 4.69) is 0 Å². The molecule has 4 aromatic carbocycles. The number of anilines is 2. The van der Waals surface area contributed by atoms with Crippen LogP contribution < -0.4 is 9.80 Å². The van der Waals surface area contributed by atoms with Crippen molar-refractivity contribution in [3.8, 4) is 0 Å². The van der Waals surface area contributed by atoms with Crippen LogP contribution in [0.4, 0.5) is 11.4 Å². The molecular formula is C38H33Cl2N3O6S2. The predicted octanol–water partition coefficient (Wildman–Crippen LogP) is 6.22. The molecule has 262 valence electrons. The van der Waals surface area contributed by atoms with E-state index in [1.165, 1.54) is 34.1 Å². The Morgan fingerprint density at radius 2 is 1.37 bits per heavy atom. The SMILES string of the molecule is CN1C(=O)[C@@H](C2=C3[C@@H](S(=O)(=O)c4ccccc4)[C@H](CS(=O)(=O)c4ccccc4)[C@]4(C(=O)N(C)c5ccc(Cl)cc54)N3CCC2)c2cc(Cl)ccc21. The highest BCUT2D eigenvalue weighted by Crippen LogP contribution is 2.62. The summed E-state index contributed by atoms with van der Waals surface area (Å²) in [7, 11) is -5.36. The number of likely N-dealkylation sites (N-methyl/N-ethyl adjacent to an activating group) is 2. The van der Waals surface area contributed by atoms with Crippen molar-refractivity contribution in [2.45, 2.75) is 39.3 Å². The summed E-state index contributed by atoms with van der Waals surface area (Å²) in [6.07, 6.45) is 0.830. The first-order chi connectivity index (χ1) is 24.3. The quantitative estimate of drug-likeness (QED) is 0.229. The van der Waals surface area contributed by atoms with Crippen LogP contribution >= 0.6 is 23.2 Å². The van der Waals surface area contributed by atoms with Gasteiger partial charge >= 0.3 is 0 Å². The Morgan fingerprint density at radius 1 is 0.765 bits per heavy atom. The van der Waals surface area contributed by atoms with Gasteiger partial charge in [0.25, 0.3) is 5.91 Å². The van der Waals surface area contributed by atoms with Gasteiger partial charge in [0.2, 0.25) is 5.91 Å². The molecular weight excluding hydrogens is 729 g/mol. The molecule has 4 atom stereocenters. The van der Waals surface area contributed by atoms with Gasteiger partial charge in [-0.15, -0.1) is 0 Å². The van der Waals surface area contributed by atoms with Crippen LogP contribution in [0.1, 0.15) is 29.9 Å². The number of hydrogen-bond donors (Lipinski definition) is 0. The van der Waals surface area contributed by atoms with Gasteiger partial charge in [0, 0.05) is 59.2 Å². The van der Waals surface area contributed by atoms with Crippen molar-refractivity contribution in [1.29, 1.82) is 0 Å². The van der Waals surface area contributed by atoms with Crippen LogP contribution in [0, 0.1) is 5.92 Å². The van der Waals surface area contributed by atoms with E-state index in [1.54, 1.807) is 91.8 Å². The van der Waals surface area contributed by atoms with E-state index in [0.29, 0.717) is 51.0 Å². The number of halogens is 2. The summed E-state index contributed by atoms with van der Waals surface area (Å²) < 4.78 is 59.6. The second-order valence-electron chi connectivity index (χ2n) is 13.5. The number of nitrogens with zero attached hydrogens (tertiary/aromatic N) is 3. The zero-order valence-corrected chi connectivity index (χ0v) is 30.8. The predicted molar refractivity (Wildman–Crippen MR) is 197 cm³/mol. The van der Waals surface area contributed by atoms with Crippen LogP contribution in [-0.4, -0.2) is 65.2 Å². The molecule has 0 N–H and O–H groups in total. The average Bonchev–Trinajstić information content (AvgIpc) is 3.64. The van der Waals surface area contributed by atoms with Crippen molar-refractivity contribution in [2.24, 2.45) is 5.92 Å². The van der Waals surface area contributed by atoms with Gasteiger partial charge in [0.1, 0.15) is 5.25 Å². The summed E-state index contributed by atoms with van der Waals surface area (Å²) in [5.74, 6) is -3.65. The number of carbonyl (C=O) groups excluding carboxylic acids is 2. The molecule has 2 amide bonds. The summed E-state index contributed by atoms with van der Waals surface area (Å²) in [6, 6.07) is 25.9. The maximum atomic E-state index is 15.3. The third-order valence-electron chi connectivity index (χ3n) is 10.9. The molecule has 1 spiro atoms. The molecule has 4 aliphatic rings. The first-order valence-electron chi connectivity index (χ1n) is 16.5. The number of sulfone groups is 2. The van der Waals surface area contributed by atoms with Crippen LogP contribution in [0.25, 0.3) is 0 Å². The molecule has 4 heterocycles. The molecule has 4 aliphatic heterocycles. The first kappa shape index (κ1) is 34.0. The van der Waals surface area contributed by atoms with Crippen molar-refractivity contribution in [2.75, 3.05) is 36.2 Å². The van der Waals surface area contributed by atoms with Gasteiger partial charge in [-0.05, 0) is 84.6 Å². The van der Waals surface area contributed by atoms with E-state index in [9.17, 15) is 13.2 Å². The van der Waals surface area contributed by atoms with Crippen molar-refractivity contribution in [3.05, 3.63) is 130 Å². The molecule has 0 radical (unpaired) electrons. The molecule has 9 nitrogen and oxygen atoms in total. The highest BCUT2D eigenvalue weighted by molar-refractivity contribution is 7.93. The molecule has 1 saturated heterocycles. The topological polar surface area (TPSA) is 112 Å². The summed E-state index contributed by atoms with van der Waals surface area (Å²) in [5, 5.41) is -0.800. The maximum Gasteiger partial charge on any atom is 0.257 e. The Bertz CT molecular complexity index is 2390. The molecule has 0 aromatic heterocycles. The zero-order valence-electron chi connectivity index (χ0n) is 27.7. The average molecular weight is 763 g/mol. The lowest BCUT2D eigenvalue weighted by atomic mass is 9.80. The Hall–Kier alpha value is -4.16. The lowest BCUT2D eigenvalue weighted by molar-refractivity contribution is -0.129. The van der Waals surface area contributed by atoms with Crippen LogP contribution in [0.2, 0.25) is 10.0 Å². The number of benzene rings is 4. The van der Waals surface area contributed by atoms with E-state index in [1.807, 2.05) is 0 Å². The number of rotatable bonds is 6. The number of amides is 2. The van der Waals surface area contributed by atoms with E-state index in [0.717, 1.165) is 0 Å². The third-order valence-corrected chi connectivity index (χ3v) is 15.3. The molecule has 8 rings (SSSR count). The van der Waals surface area contributed by atoms with E-state index in [4.69, 9.17) is 23.2 Å². The fraction of sp³-hybridized carbons (Fsp3) is 0.263. The third kappa shape index (κ3) is 4.85. The van der Waals surface area contributed by atoms with Gasteiger partial charge in [-0.25, -0.2) is 16.8 Å². The summed E-state index contributed by atoms with van der Waals surface area (Å²) in [4.78, 5) is 34.2. The van der Waals surface area contributed by atoms with Gasteiger partial charge in [-0.3, -0.25) is 9.59 Å². The lowest BCUT2D eigenvalue weighted by Gasteiger charge is -2.42. The Kier molecular flexibility index (Phi) is 7.95. The largest absolute Gasteiger partial charge is 0.355 e. The molecule has 51 heavy (non-hydrogen) atoms. The Morgan fingerprint density at radius 3 is 2.04 bits per heavy atom. The normalized spacial score (nSPS) is 24.4. The maximum absolute atomic E-state index is 15.3. The van der Waals surface area contributed by atoms with Gasteiger partial charge in [-0.1, -0.05) is 59.6 Å². The summed E-state index contributed by atoms with van der Waals surface area (Å²) in [5.41, 5.74) is 1.24. The fourth-order valence-electron chi connectivity index (χ4n) is 8.79. The first-order valence-corrected chi connectivity index (χ1v) is 20.5. The molecule has 1 fully saturated rings. The van der Waals surface area contributed by atoms with E-state index in [-0.39, 0.29) is 27.9 Å². The summed E-state index contributed by atoms with van der Waals surface area (Å²) in [6.45, 7) is 0.242. The molecule has 0 saturated carbocycles. The monoisotopic (exact) mass is 761 g/mol. The van der Waals surface area contributed by atoms with Crippen molar-refractivity contribution in [1.82, 2.24) is 4.90 Å². The standard InChI is InChI=1S/C38H33Cl2N3O6S2/c1-41-31-17-15-23(39)20-28(31)33(36(41)44)27-14-9-19-43-34(27)35(51(48,49)26-12-7-4-8-13-26)30(22-50(46,47)25-10-5-3-6-11-25)38(43)29-21-24(40)16-18-32(29)42(2)37(38)45/h3-8,10-13,15-18,20-21,30,33,35H,9,14,19,22H2,1-2H3/t30-,33-,35-,38+/m0/s1. The van der Waals surface area contributed by atoms with Crippen LogP contribution in [0.15, 0.2) is 118 Å². The zero-order chi connectivity index (χ0) is 36.0. The minimum absolute atomic E-state index is 0.0105. The lowest BCUT2D eigenvalue weighted by Crippen LogP contribution is -2.55. The second-order valence-corrected chi connectivity index (χ2v) is 18.4. The summed E-state index contributed by atoms with van der Waals surface area (Å²) >= 11 is 13.1. The van der Waals surface area contributed by atoms with Crippen LogP contribution in [0.5, 0.6) is 0 Å². The van der Waals surface area contributed by atoms with Crippen LogP contribution in [0.3, 0.4) is 0 Å². The minimum Gasteiger partial charge on any atom is -0.355 e. The minimum atomic E-state index is -4.43. The highest BCUT2D eigenvalue weighted by Gasteiger charge is 2.70. The van der Waals surface area contributed by atoms with Crippen molar-refractivity contribution < 1.29 is 26.4 Å². The number of hydrogen-bond acceptors (Lipinski definition) is 7. The van der Waals surface area contributed by atoms with Gasteiger partial charge in [0.05, 0.1) is 21.5 Å². The van der Waals surface area contributed by atoms with Gasteiger partial charge in [0.15, 0.2) is 25.2 Å². The van der Waals surface area contributed by atoms with Crippen LogP contribution in [-0.2, 0) is 34.8 Å². The molecule has 4 aromatic rings. The van der Waals surface area contributed by atoms with Crippen molar-refractivity contribution >= 4 is 66.1 Å². The highest BCUT2D eigenvalue weighted by atomic mass is 35.5. The number of fused-ring (bicyclic) bond motifs is 5. The smallest absolute Gasteiger partial charge is 0.257 e. The molecule has 0 bridgehead atoms. The van der Waals surface area contributed by atoms with Gasteiger partial charge in [-0.2, -0.15) is 0 Å². The fourth-order valence-corrected chi connectivity index (χ4v) is 13.1. The Labute approximate surface area is 306 Å².